The molecule has 1 aliphatic rings. The minimum Gasteiger partial charge on any atom is -0.465 e. The van der Waals surface area contributed by atoms with Gasteiger partial charge in [-0.1, -0.05) is 0 Å². The van der Waals surface area contributed by atoms with E-state index in [0.29, 0.717) is 13.2 Å². The van der Waals surface area contributed by atoms with Crippen molar-refractivity contribution in [2.24, 2.45) is 0 Å². The zero-order valence-corrected chi connectivity index (χ0v) is 12.6. The molecule has 0 fully saturated rings. The number of nitrogens with zero attached hydrogens (tertiary/aromatic N) is 1. The van der Waals surface area contributed by atoms with Crippen LogP contribution in [0.5, 0.6) is 0 Å². The zero-order valence-electron chi connectivity index (χ0n) is 11.8. The number of hydrogen-bond acceptors (Lipinski definition) is 5. The molecular weight excluding hydrogens is 262 g/mol. The Morgan fingerprint density at radius 1 is 1.47 bits per heavy atom. The van der Waals surface area contributed by atoms with Crippen molar-refractivity contribution in [1.29, 1.82) is 0 Å². The Morgan fingerprint density at radius 2 is 2.26 bits per heavy atom. The monoisotopic (exact) mass is 283 g/mol. The largest absolute Gasteiger partial charge is 0.465 e. The molecule has 0 aliphatic heterocycles. The van der Waals surface area contributed by atoms with Gasteiger partial charge in [0.15, 0.2) is 0 Å². The molecule has 106 valence electrons. The highest BCUT2D eigenvalue weighted by molar-refractivity contribution is 7.11. The maximum atomic E-state index is 12.0. The van der Waals surface area contributed by atoms with Crippen LogP contribution >= 0.6 is 11.3 Å². The molecule has 1 heterocycles. The van der Waals surface area contributed by atoms with E-state index in [1.165, 1.54) is 4.88 Å². The van der Waals surface area contributed by atoms with Gasteiger partial charge in [0.2, 0.25) is 0 Å². The molecule has 0 bridgehead atoms. The van der Waals surface area contributed by atoms with Crippen molar-refractivity contribution in [2.45, 2.75) is 52.1 Å². The molecule has 4 nitrogen and oxygen atoms in total. The molecule has 2 rings (SSSR count). The fraction of sp³-hybridized carbons (Fsp3) is 0.714. The summed E-state index contributed by atoms with van der Waals surface area (Å²) >= 11 is 1.68. The van der Waals surface area contributed by atoms with E-state index >= 15 is 0 Å². The number of aryl methyl sites for hydroxylation is 1. The van der Waals surface area contributed by atoms with Gasteiger partial charge in [-0.2, -0.15) is 0 Å². The third-order valence-corrected chi connectivity index (χ3v) is 4.60. The van der Waals surface area contributed by atoms with Gasteiger partial charge in [0.05, 0.1) is 12.3 Å². The van der Waals surface area contributed by atoms with Gasteiger partial charge in [-0.25, -0.2) is 4.98 Å². The molecule has 0 saturated carbocycles. The van der Waals surface area contributed by atoms with E-state index < -0.39 is 0 Å². The highest BCUT2D eigenvalue weighted by atomic mass is 32.1. The SMILES string of the molecule is CCOC(=O)C1CCCc2sc(C(C)OCC)nc21. The Morgan fingerprint density at radius 3 is 2.95 bits per heavy atom. The molecule has 0 radical (unpaired) electrons. The fourth-order valence-corrected chi connectivity index (χ4v) is 3.57. The first-order valence-electron chi connectivity index (χ1n) is 6.95. The third-order valence-electron chi connectivity index (χ3n) is 3.31. The molecule has 19 heavy (non-hydrogen) atoms. The van der Waals surface area contributed by atoms with Gasteiger partial charge < -0.3 is 9.47 Å². The minimum absolute atomic E-state index is 0.00319. The Kier molecular flexibility index (Phi) is 4.93. The van der Waals surface area contributed by atoms with E-state index in [-0.39, 0.29) is 18.0 Å². The summed E-state index contributed by atoms with van der Waals surface area (Å²) in [5.74, 6) is -0.313. The second kappa shape index (κ2) is 6.48. The summed E-state index contributed by atoms with van der Waals surface area (Å²) in [6.07, 6.45) is 2.89. The van der Waals surface area contributed by atoms with E-state index in [1.54, 1.807) is 11.3 Å². The van der Waals surface area contributed by atoms with E-state index in [1.807, 2.05) is 20.8 Å². The minimum atomic E-state index is -0.178. The van der Waals surface area contributed by atoms with Crippen molar-refractivity contribution < 1.29 is 14.3 Å². The highest BCUT2D eigenvalue weighted by Crippen LogP contribution is 2.37. The predicted octanol–water partition coefficient (Wildman–Crippen LogP) is 3.22. The number of aromatic nitrogens is 1. The van der Waals surface area contributed by atoms with Gasteiger partial charge in [0, 0.05) is 11.5 Å². The van der Waals surface area contributed by atoms with Crippen LogP contribution in [0.25, 0.3) is 0 Å². The van der Waals surface area contributed by atoms with Crippen molar-refractivity contribution in [3.63, 3.8) is 0 Å². The molecule has 1 aliphatic carbocycles. The van der Waals surface area contributed by atoms with Gasteiger partial charge in [-0.05, 0) is 40.0 Å². The molecule has 0 spiro atoms. The van der Waals surface area contributed by atoms with Gasteiger partial charge in [0.1, 0.15) is 17.0 Å². The Balaban J connectivity index is 2.21. The smallest absolute Gasteiger partial charge is 0.315 e. The van der Waals surface area contributed by atoms with Crippen LogP contribution in [0.4, 0.5) is 0 Å². The van der Waals surface area contributed by atoms with Crippen LogP contribution in [0.3, 0.4) is 0 Å². The lowest BCUT2D eigenvalue weighted by atomic mass is 9.91. The average Bonchev–Trinajstić information content (AvgIpc) is 2.82. The summed E-state index contributed by atoms with van der Waals surface area (Å²) < 4.78 is 10.7. The first-order chi connectivity index (χ1) is 9.17. The van der Waals surface area contributed by atoms with E-state index in [4.69, 9.17) is 9.47 Å². The molecule has 1 aromatic rings. The molecular formula is C14H21NO3S. The van der Waals surface area contributed by atoms with Crippen molar-refractivity contribution in [2.75, 3.05) is 13.2 Å². The van der Waals surface area contributed by atoms with Gasteiger partial charge >= 0.3 is 5.97 Å². The third kappa shape index (κ3) is 3.15. The molecule has 0 saturated heterocycles. The molecule has 2 atom stereocenters. The highest BCUT2D eigenvalue weighted by Gasteiger charge is 2.31. The van der Waals surface area contributed by atoms with Crippen LogP contribution in [-0.4, -0.2) is 24.2 Å². The lowest BCUT2D eigenvalue weighted by Gasteiger charge is -2.19. The quantitative estimate of drug-likeness (QED) is 0.778. The lowest BCUT2D eigenvalue weighted by Crippen LogP contribution is -2.20. The standard InChI is InChI=1S/C14H21NO3S/c1-4-17-9(3)13-15-12-10(14(16)18-5-2)7-6-8-11(12)19-13/h9-10H,4-8H2,1-3H3. The lowest BCUT2D eigenvalue weighted by molar-refractivity contribution is -0.145. The Bertz CT molecular complexity index is 444. The van der Waals surface area contributed by atoms with Gasteiger partial charge in [0.25, 0.3) is 0 Å². The number of carbonyl (C=O) groups excluding carboxylic acids is 1. The van der Waals surface area contributed by atoms with Crippen molar-refractivity contribution in [1.82, 2.24) is 4.98 Å². The number of fused-ring (bicyclic) bond motifs is 1. The Hall–Kier alpha value is -0.940. The molecule has 0 aromatic carbocycles. The Labute approximate surface area is 118 Å². The normalized spacial score (nSPS) is 19.8. The second-order valence-electron chi connectivity index (χ2n) is 4.65. The molecule has 0 amide bonds. The second-order valence-corrected chi connectivity index (χ2v) is 5.77. The number of carbonyl (C=O) groups is 1. The molecule has 2 unspecified atom stereocenters. The number of rotatable bonds is 5. The summed E-state index contributed by atoms with van der Waals surface area (Å²) in [5, 5.41) is 0.975. The summed E-state index contributed by atoms with van der Waals surface area (Å²) in [7, 11) is 0. The first-order valence-corrected chi connectivity index (χ1v) is 7.76. The van der Waals surface area contributed by atoms with Gasteiger partial charge in [-0.3, -0.25) is 4.79 Å². The summed E-state index contributed by atoms with van der Waals surface area (Å²) in [6.45, 7) is 6.92. The number of ether oxygens (including phenoxy) is 2. The number of thiazole rings is 1. The summed E-state index contributed by atoms with van der Waals surface area (Å²) in [6, 6.07) is 0. The van der Waals surface area contributed by atoms with Crippen LogP contribution < -0.4 is 0 Å². The maximum absolute atomic E-state index is 12.0. The fourth-order valence-electron chi connectivity index (χ4n) is 2.40. The van der Waals surface area contributed by atoms with Crippen LogP contribution in [0.1, 0.15) is 61.2 Å². The predicted molar refractivity (Wildman–Crippen MR) is 74.5 cm³/mol. The van der Waals surface area contributed by atoms with Crippen molar-refractivity contribution in [3.8, 4) is 0 Å². The van der Waals surface area contributed by atoms with Crippen LogP contribution in [0.15, 0.2) is 0 Å². The topological polar surface area (TPSA) is 48.4 Å². The van der Waals surface area contributed by atoms with E-state index in [0.717, 1.165) is 30.0 Å². The number of esters is 1. The molecule has 5 heteroatoms. The summed E-state index contributed by atoms with van der Waals surface area (Å²) in [4.78, 5) is 17.9. The van der Waals surface area contributed by atoms with Crippen LogP contribution in [0.2, 0.25) is 0 Å². The van der Waals surface area contributed by atoms with Crippen molar-refractivity contribution >= 4 is 17.3 Å². The van der Waals surface area contributed by atoms with Crippen LogP contribution in [-0.2, 0) is 20.7 Å². The van der Waals surface area contributed by atoms with Gasteiger partial charge in [-0.15, -0.1) is 11.3 Å². The average molecular weight is 283 g/mol. The molecule has 1 aromatic heterocycles. The summed E-state index contributed by atoms with van der Waals surface area (Å²) in [5.41, 5.74) is 0.927. The maximum Gasteiger partial charge on any atom is 0.315 e. The zero-order chi connectivity index (χ0) is 13.8. The molecule has 0 N–H and O–H groups in total. The first kappa shape index (κ1) is 14.5. The van der Waals surface area contributed by atoms with Crippen LogP contribution in [0, 0.1) is 0 Å². The van der Waals surface area contributed by atoms with E-state index in [9.17, 15) is 4.79 Å². The number of hydrogen-bond donors (Lipinski definition) is 0. The van der Waals surface area contributed by atoms with E-state index in [2.05, 4.69) is 4.98 Å². The van der Waals surface area contributed by atoms with Crippen molar-refractivity contribution in [3.05, 3.63) is 15.6 Å².